The molecule has 2 rings (SSSR count). The molecule has 1 amide bonds. The highest BCUT2D eigenvalue weighted by Crippen LogP contribution is 2.19. The average molecular weight is 396 g/mol. The van der Waals surface area contributed by atoms with E-state index < -0.39 is 40.9 Å². The summed E-state index contributed by atoms with van der Waals surface area (Å²) in [5.41, 5.74) is 0.609. The number of amides is 1. The Morgan fingerprint density at radius 1 is 1.15 bits per heavy atom. The maximum Gasteiger partial charge on any atom is 0.344 e. The molecule has 0 aromatic heterocycles. The van der Waals surface area contributed by atoms with Crippen LogP contribution < -0.4 is 15.2 Å². The Kier molecular flexibility index (Phi) is 6.48. The number of carbonyl (C=O) groups is 2. The van der Waals surface area contributed by atoms with E-state index in [1.54, 1.807) is 6.92 Å². The van der Waals surface area contributed by atoms with Crippen molar-refractivity contribution >= 4 is 27.6 Å². The van der Waals surface area contributed by atoms with Crippen LogP contribution in [0, 0.1) is 12.7 Å². The summed E-state index contributed by atoms with van der Waals surface area (Å²) in [6, 6.07) is 9.37. The smallest absolute Gasteiger partial charge is 0.344 e. The van der Waals surface area contributed by atoms with E-state index in [1.165, 1.54) is 36.4 Å². The van der Waals surface area contributed by atoms with Gasteiger partial charge < -0.3 is 14.8 Å². The van der Waals surface area contributed by atoms with Crippen molar-refractivity contribution in [2.45, 2.75) is 11.8 Å². The third-order valence-corrected chi connectivity index (χ3v) is 4.35. The highest BCUT2D eigenvalue weighted by atomic mass is 32.2. The summed E-state index contributed by atoms with van der Waals surface area (Å²) < 4.78 is 45.7. The van der Waals surface area contributed by atoms with Crippen LogP contribution in [0.5, 0.6) is 5.75 Å². The van der Waals surface area contributed by atoms with Crippen LogP contribution in [0.1, 0.15) is 5.56 Å². The standard InChI is InChI=1S/C17H17FN2O6S/c1-11-5-6-13(8-15(11)27(19,23)24)20-16(21)9-26-17(22)10-25-14-4-2-3-12(18)7-14/h2-8H,9-10H2,1H3,(H,20,21)(H2,19,23,24). The Balaban J connectivity index is 1.84. The number of carbonyl (C=O) groups excluding carboxylic acids is 2. The van der Waals surface area contributed by atoms with E-state index in [0.717, 1.165) is 6.07 Å². The number of hydrogen-bond acceptors (Lipinski definition) is 6. The van der Waals surface area contributed by atoms with Crippen molar-refractivity contribution in [3.63, 3.8) is 0 Å². The van der Waals surface area contributed by atoms with Crippen molar-refractivity contribution < 1.29 is 31.9 Å². The largest absolute Gasteiger partial charge is 0.482 e. The molecule has 0 unspecified atom stereocenters. The summed E-state index contributed by atoms with van der Waals surface area (Å²) in [7, 11) is -3.93. The van der Waals surface area contributed by atoms with Gasteiger partial charge in [0.2, 0.25) is 10.0 Å². The van der Waals surface area contributed by atoms with Crippen molar-refractivity contribution in [3.8, 4) is 5.75 Å². The van der Waals surface area contributed by atoms with Crippen molar-refractivity contribution in [3.05, 3.63) is 53.8 Å². The Bertz CT molecular complexity index is 962. The highest BCUT2D eigenvalue weighted by molar-refractivity contribution is 7.89. The monoisotopic (exact) mass is 396 g/mol. The van der Waals surface area contributed by atoms with Crippen molar-refractivity contribution in [2.24, 2.45) is 5.14 Å². The Morgan fingerprint density at radius 3 is 2.56 bits per heavy atom. The van der Waals surface area contributed by atoms with Crippen LogP contribution >= 0.6 is 0 Å². The number of nitrogens with two attached hydrogens (primary N) is 1. The molecule has 144 valence electrons. The number of nitrogens with one attached hydrogen (secondary N) is 1. The number of anilines is 1. The van der Waals surface area contributed by atoms with Crippen LogP contribution in [0.2, 0.25) is 0 Å². The van der Waals surface area contributed by atoms with E-state index in [2.05, 4.69) is 5.32 Å². The number of sulfonamides is 1. The first-order valence-electron chi connectivity index (χ1n) is 7.62. The van der Waals surface area contributed by atoms with E-state index in [1.807, 2.05) is 0 Å². The van der Waals surface area contributed by atoms with E-state index in [9.17, 15) is 22.4 Å². The topological polar surface area (TPSA) is 125 Å². The van der Waals surface area contributed by atoms with Crippen LogP contribution in [0.25, 0.3) is 0 Å². The van der Waals surface area contributed by atoms with Gasteiger partial charge in [0.15, 0.2) is 13.2 Å². The van der Waals surface area contributed by atoms with Crippen LogP contribution in [0.15, 0.2) is 47.4 Å². The Labute approximate surface area is 155 Å². The predicted molar refractivity (Wildman–Crippen MR) is 94.0 cm³/mol. The predicted octanol–water partition coefficient (Wildman–Crippen LogP) is 1.34. The molecule has 0 saturated heterocycles. The number of benzene rings is 2. The molecule has 10 heteroatoms. The first-order chi connectivity index (χ1) is 12.6. The zero-order valence-corrected chi connectivity index (χ0v) is 15.1. The minimum Gasteiger partial charge on any atom is -0.482 e. The van der Waals surface area contributed by atoms with Crippen molar-refractivity contribution in [1.82, 2.24) is 0 Å². The lowest BCUT2D eigenvalue weighted by atomic mass is 10.2. The summed E-state index contributed by atoms with van der Waals surface area (Å²) in [6.07, 6.45) is 0. The van der Waals surface area contributed by atoms with Crippen LogP contribution in [-0.4, -0.2) is 33.5 Å². The number of hydrogen-bond donors (Lipinski definition) is 2. The number of primary sulfonamides is 1. The normalized spacial score (nSPS) is 10.9. The summed E-state index contributed by atoms with van der Waals surface area (Å²) in [5.74, 6) is -1.88. The quantitative estimate of drug-likeness (QED) is 0.681. The van der Waals surface area contributed by atoms with E-state index in [-0.39, 0.29) is 16.3 Å². The molecule has 0 aliphatic heterocycles. The molecular formula is C17H17FN2O6S. The number of esters is 1. The molecule has 0 aliphatic carbocycles. The van der Waals surface area contributed by atoms with Crippen LogP contribution in [0.3, 0.4) is 0 Å². The maximum absolute atomic E-state index is 13.0. The summed E-state index contributed by atoms with van der Waals surface area (Å²) >= 11 is 0. The van der Waals surface area contributed by atoms with Crippen molar-refractivity contribution in [2.75, 3.05) is 18.5 Å². The van der Waals surface area contributed by atoms with E-state index in [0.29, 0.717) is 5.56 Å². The van der Waals surface area contributed by atoms with Gasteiger partial charge in [-0.15, -0.1) is 0 Å². The third-order valence-electron chi connectivity index (χ3n) is 3.30. The second-order valence-electron chi connectivity index (χ2n) is 5.48. The van der Waals surface area contributed by atoms with Gasteiger partial charge in [-0.25, -0.2) is 22.7 Å². The minimum atomic E-state index is -3.93. The SMILES string of the molecule is Cc1ccc(NC(=O)COC(=O)COc2cccc(F)c2)cc1S(N)(=O)=O. The summed E-state index contributed by atoms with van der Waals surface area (Å²) in [6.45, 7) is 0.451. The second kappa shape index (κ2) is 8.60. The van der Waals surface area contributed by atoms with Gasteiger partial charge in [0, 0.05) is 11.8 Å². The second-order valence-corrected chi connectivity index (χ2v) is 7.01. The molecule has 0 atom stereocenters. The van der Waals surface area contributed by atoms with Gasteiger partial charge in [-0.05, 0) is 36.8 Å². The van der Waals surface area contributed by atoms with Crippen LogP contribution in [-0.2, 0) is 24.3 Å². The fourth-order valence-corrected chi connectivity index (χ4v) is 2.88. The number of ether oxygens (including phenoxy) is 2. The number of rotatable bonds is 7. The zero-order chi connectivity index (χ0) is 20.0. The molecule has 0 fully saturated rings. The van der Waals surface area contributed by atoms with Gasteiger partial charge in [0.25, 0.3) is 5.91 Å². The summed E-state index contributed by atoms with van der Waals surface area (Å²) in [4.78, 5) is 23.3. The molecule has 0 bridgehead atoms. The van der Waals surface area contributed by atoms with Gasteiger partial charge in [0.05, 0.1) is 4.90 Å². The minimum absolute atomic E-state index is 0.124. The fourth-order valence-electron chi connectivity index (χ4n) is 2.07. The van der Waals surface area contributed by atoms with E-state index >= 15 is 0 Å². The third kappa shape index (κ3) is 6.35. The first kappa shape index (κ1) is 20.3. The fraction of sp³-hybridized carbons (Fsp3) is 0.176. The molecule has 0 spiro atoms. The first-order valence-corrected chi connectivity index (χ1v) is 9.17. The molecular weight excluding hydrogens is 379 g/mol. The number of halogens is 1. The molecule has 0 aliphatic rings. The average Bonchev–Trinajstić information content (AvgIpc) is 2.59. The molecule has 27 heavy (non-hydrogen) atoms. The molecule has 0 heterocycles. The zero-order valence-electron chi connectivity index (χ0n) is 14.3. The molecule has 2 aromatic carbocycles. The lowest BCUT2D eigenvalue weighted by Crippen LogP contribution is -2.24. The molecule has 0 saturated carbocycles. The van der Waals surface area contributed by atoms with Gasteiger partial charge in [0.1, 0.15) is 11.6 Å². The molecule has 8 nitrogen and oxygen atoms in total. The lowest BCUT2D eigenvalue weighted by molar-refractivity contribution is -0.149. The van der Waals surface area contributed by atoms with Gasteiger partial charge in [-0.3, -0.25) is 4.79 Å². The molecule has 2 aromatic rings. The van der Waals surface area contributed by atoms with Crippen LogP contribution in [0.4, 0.5) is 10.1 Å². The highest BCUT2D eigenvalue weighted by Gasteiger charge is 2.14. The molecule has 3 N–H and O–H groups in total. The van der Waals surface area contributed by atoms with Crippen molar-refractivity contribution in [1.29, 1.82) is 0 Å². The van der Waals surface area contributed by atoms with Gasteiger partial charge >= 0.3 is 5.97 Å². The lowest BCUT2D eigenvalue weighted by Gasteiger charge is -2.10. The van der Waals surface area contributed by atoms with Gasteiger partial charge in [-0.2, -0.15) is 0 Å². The molecule has 0 radical (unpaired) electrons. The summed E-state index contributed by atoms with van der Waals surface area (Å²) in [5, 5.41) is 7.49. The Morgan fingerprint density at radius 2 is 1.89 bits per heavy atom. The Hall–Kier alpha value is -2.98. The maximum atomic E-state index is 13.0. The van der Waals surface area contributed by atoms with E-state index in [4.69, 9.17) is 14.6 Å². The van der Waals surface area contributed by atoms with Gasteiger partial charge in [-0.1, -0.05) is 12.1 Å². The number of aryl methyl sites for hydroxylation is 1.